The zero-order chi connectivity index (χ0) is 14.7. The molecule has 0 heterocycles. The van der Waals surface area contributed by atoms with E-state index in [0.717, 1.165) is 0 Å². The average Bonchev–Trinajstić information content (AvgIpc) is 2.35. The number of nitrogens with zero attached hydrogens (tertiary/aromatic N) is 1. The molecular formula is C13H7Cl5N2. The van der Waals surface area contributed by atoms with Gasteiger partial charge in [0.2, 0.25) is 0 Å². The Bertz CT molecular complexity index is 627. The van der Waals surface area contributed by atoms with Crippen molar-refractivity contribution < 1.29 is 0 Å². The fourth-order valence-electron chi connectivity index (χ4n) is 1.44. The van der Waals surface area contributed by atoms with Crippen molar-refractivity contribution in [2.75, 3.05) is 5.43 Å². The Labute approximate surface area is 141 Å². The molecule has 0 aliphatic heterocycles. The molecule has 2 aromatic rings. The van der Waals surface area contributed by atoms with Gasteiger partial charge in [-0.1, -0.05) is 64.1 Å². The summed E-state index contributed by atoms with van der Waals surface area (Å²) in [4.78, 5) is 0. The zero-order valence-electron chi connectivity index (χ0n) is 9.80. The van der Waals surface area contributed by atoms with Crippen LogP contribution in [-0.2, 0) is 0 Å². The van der Waals surface area contributed by atoms with Crippen molar-refractivity contribution in [3.63, 3.8) is 0 Å². The molecule has 2 nitrogen and oxygen atoms in total. The van der Waals surface area contributed by atoms with Crippen LogP contribution in [0.4, 0.5) is 5.69 Å². The molecule has 0 bridgehead atoms. The number of hydrogen-bond donors (Lipinski definition) is 1. The number of nitrogens with one attached hydrogen (secondary N) is 1. The minimum Gasteiger partial charge on any atom is -0.275 e. The Morgan fingerprint density at radius 1 is 0.850 bits per heavy atom. The van der Waals surface area contributed by atoms with Gasteiger partial charge in [0, 0.05) is 10.6 Å². The van der Waals surface area contributed by atoms with Crippen LogP contribution in [0, 0.1) is 0 Å². The molecule has 0 unspecified atom stereocenters. The Morgan fingerprint density at radius 2 is 1.40 bits per heavy atom. The van der Waals surface area contributed by atoms with Crippen molar-refractivity contribution in [3.05, 3.63) is 61.0 Å². The topological polar surface area (TPSA) is 24.4 Å². The van der Waals surface area contributed by atoms with E-state index in [1.807, 2.05) is 0 Å². The Kier molecular flexibility index (Phi) is 5.42. The first-order chi connectivity index (χ1) is 9.49. The van der Waals surface area contributed by atoms with Gasteiger partial charge in [0.1, 0.15) is 0 Å². The molecule has 20 heavy (non-hydrogen) atoms. The number of rotatable bonds is 3. The van der Waals surface area contributed by atoms with Crippen molar-refractivity contribution in [3.8, 4) is 0 Å². The van der Waals surface area contributed by atoms with Gasteiger partial charge in [-0.25, -0.2) is 0 Å². The monoisotopic (exact) mass is 366 g/mol. The summed E-state index contributed by atoms with van der Waals surface area (Å²) in [5.74, 6) is 0. The SMILES string of the molecule is Clc1cc(Cl)c(N/N=C/c2c(Cl)cccc2Cl)c(Cl)c1. The summed E-state index contributed by atoms with van der Waals surface area (Å²) in [6.45, 7) is 0. The molecule has 0 saturated heterocycles. The highest BCUT2D eigenvalue weighted by Gasteiger charge is 2.07. The molecule has 2 aromatic carbocycles. The van der Waals surface area contributed by atoms with Crippen molar-refractivity contribution in [2.45, 2.75) is 0 Å². The van der Waals surface area contributed by atoms with Gasteiger partial charge in [0.05, 0.1) is 32.0 Å². The van der Waals surface area contributed by atoms with Crippen LogP contribution in [0.15, 0.2) is 35.4 Å². The van der Waals surface area contributed by atoms with Crippen LogP contribution >= 0.6 is 58.0 Å². The number of anilines is 1. The summed E-state index contributed by atoms with van der Waals surface area (Å²) in [6.07, 6.45) is 1.49. The lowest BCUT2D eigenvalue weighted by Crippen LogP contribution is -1.94. The van der Waals surface area contributed by atoms with Gasteiger partial charge in [-0.05, 0) is 24.3 Å². The second kappa shape index (κ2) is 6.88. The predicted octanol–water partition coefficient (Wildman–Crippen LogP) is 6.40. The summed E-state index contributed by atoms with van der Waals surface area (Å²) in [5.41, 5.74) is 3.80. The fraction of sp³-hybridized carbons (Fsp3) is 0. The van der Waals surface area contributed by atoms with E-state index in [1.54, 1.807) is 30.3 Å². The van der Waals surface area contributed by atoms with E-state index in [0.29, 0.717) is 36.4 Å². The van der Waals surface area contributed by atoms with E-state index >= 15 is 0 Å². The highest BCUT2D eigenvalue weighted by atomic mass is 35.5. The average molecular weight is 368 g/mol. The largest absolute Gasteiger partial charge is 0.275 e. The van der Waals surface area contributed by atoms with Crippen LogP contribution in [0.5, 0.6) is 0 Å². The van der Waals surface area contributed by atoms with Crippen LogP contribution in [-0.4, -0.2) is 6.21 Å². The summed E-state index contributed by atoms with van der Waals surface area (Å²) < 4.78 is 0. The van der Waals surface area contributed by atoms with E-state index in [-0.39, 0.29) is 0 Å². The lowest BCUT2D eigenvalue weighted by atomic mass is 10.2. The smallest absolute Gasteiger partial charge is 0.0935 e. The van der Waals surface area contributed by atoms with Gasteiger partial charge in [-0.15, -0.1) is 0 Å². The molecular weight excluding hydrogens is 361 g/mol. The lowest BCUT2D eigenvalue weighted by molar-refractivity contribution is 1.35. The molecule has 104 valence electrons. The summed E-state index contributed by atoms with van der Waals surface area (Å²) in [5, 5.41) is 6.20. The third kappa shape index (κ3) is 3.72. The van der Waals surface area contributed by atoms with Gasteiger partial charge in [0.25, 0.3) is 0 Å². The Morgan fingerprint density at radius 3 is 1.95 bits per heavy atom. The number of hydrogen-bond acceptors (Lipinski definition) is 2. The normalized spacial score (nSPS) is 11.1. The molecule has 0 aliphatic rings. The first-order valence-corrected chi connectivity index (χ1v) is 7.25. The van der Waals surface area contributed by atoms with Crippen LogP contribution in [0.3, 0.4) is 0 Å². The Hall–Kier alpha value is -0.640. The molecule has 0 radical (unpaired) electrons. The molecule has 0 atom stereocenters. The molecule has 0 spiro atoms. The van der Waals surface area contributed by atoms with Gasteiger partial charge in [-0.2, -0.15) is 5.10 Å². The van der Waals surface area contributed by atoms with Crippen LogP contribution in [0.2, 0.25) is 25.1 Å². The summed E-state index contributed by atoms with van der Waals surface area (Å²) >= 11 is 29.9. The molecule has 0 saturated carbocycles. The first kappa shape index (κ1) is 15.7. The van der Waals surface area contributed by atoms with E-state index in [9.17, 15) is 0 Å². The quantitative estimate of drug-likeness (QED) is 0.492. The van der Waals surface area contributed by atoms with Crippen LogP contribution in [0.1, 0.15) is 5.56 Å². The van der Waals surface area contributed by atoms with Crippen molar-refractivity contribution >= 4 is 69.9 Å². The minimum atomic E-state index is 0.366. The maximum Gasteiger partial charge on any atom is 0.0935 e. The standard InChI is InChI=1S/C13H7Cl5N2/c14-7-4-11(17)13(12(18)5-7)20-19-6-8-9(15)2-1-3-10(8)16/h1-6,20H/b19-6+. The maximum absolute atomic E-state index is 6.02. The molecule has 0 aliphatic carbocycles. The molecule has 1 N–H and O–H groups in total. The molecule has 0 aromatic heterocycles. The number of benzene rings is 2. The highest BCUT2D eigenvalue weighted by Crippen LogP contribution is 2.33. The summed E-state index contributed by atoms with van der Waals surface area (Å²) in [6, 6.07) is 8.32. The fourth-order valence-corrected chi connectivity index (χ4v) is 2.84. The van der Waals surface area contributed by atoms with Gasteiger partial charge in [-0.3, -0.25) is 5.43 Å². The third-order valence-electron chi connectivity index (χ3n) is 2.38. The first-order valence-electron chi connectivity index (χ1n) is 5.36. The molecule has 2 rings (SSSR count). The second-order valence-corrected chi connectivity index (χ2v) is 5.82. The predicted molar refractivity (Wildman–Crippen MR) is 89.2 cm³/mol. The lowest BCUT2D eigenvalue weighted by Gasteiger charge is -2.07. The van der Waals surface area contributed by atoms with E-state index in [1.165, 1.54) is 6.21 Å². The molecule has 0 fully saturated rings. The van der Waals surface area contributed by atoms with Crippen LogP contribution < -0.4 is 5.43 Å². The number of halogens is 5. The van der Waals surface area contributed by atoms with E-state index in [2.05, 4.69) is 10.5 Å². The highest BCUT2D eigenvalue weighted by molar-refractivity contribution is 6.42. The zero-order valence-corrected chi connectivity index (χ0v) is 13.6. The Balaban J connectivity index is 2.23. The van der Waals surface area contributed by atoms with Gasteiger partial charge >= 0.3 is 0 Å². The molecule has 7 heteroatoms. The van der Waals surface area contributed by atoms with Crippen molar-refractivity contribution in [1.29, 1.82) is 0 Å². The third-order valence-corrected chi connectivity index (χ3v) is 3.85. The van der Waals surface area contributed by atoms with Crippen molar-refractivity contribution in [1.82, 2.24) is 0 Å². The van der Waals surface area contributed by atoms with E-state index in [4.69, 9.17) is 58.0 Å². The van der Waals surface area contributed by atoms with Crippen LogP contribution in [0.25, 0.3) is 0 Å². The second-order valence-electron chi connectivity index (χ2n) is 3.75. The van der Waals surface area contributed by atoms with Gasteiger partial charge in [0.15, 0.2) is 0 Å². The number of hydrazone groups is 1. The maximum atomic E-state index is 6.02. The van der Waals surface area contributed by atoms with Gasteiger partial charge < -0.3 is 0 Å². The van der Waals surface area contributed by atoms with E-state index < -0.39 is 0 Å². The summed E-state index contributed by atoms with van der Waals surface area (Å²) in [7, 11) is 0. The molecule has 0 amide bonds. The minimum absolute atomic E-state index is 0.366. The van der Waals surface area contributed by atoms with Crippen molar-refractivity contribution in [2.24, 2.45) is 5.10 Å².